The van der Waals surface area contributed by atoms with Crippen molar-refractivity contribution in [3.05, 3.63) is 28.5 Å². The molecule has 0 aliphatic carbocycles. The lowest BCUT2D eigenvalue weighted by Crippen LogP contribution is -2.38. The Kier molecular flexibility index (Phi) is 5.89. The highest BCUT2D eigenvalue weighted by atomic mass is 79.9. The largest absolute Gasteiger partial charge is 0.465 e. The van der Waals surface area contributed by atoms with E-state index in [-0.39, 0.29) is 18.3 Å². The second-order valence-corrected chi connectivity index (χ2v) is 6.44. The van der Waals surface area contributed by atoms with E-state index in [1.54, 1.807) is 0 Å². The second-order valence-electron chi connectivity index (χ2n) is 5.58. The summed E-state index contributed by atoms with van der Waals surface area (Å²) in [5.41, 5.74) is -1.44. The molecule has 1 rings (SSSR count). The van der Waals surface area contributed by atoms with Gasteiger partial charge in [0.15, 0.2) is 5.41 Å². The molecule has 0 amide bonds. The quantitative estimate of drug-likeness (QED) is 0.456. The average Bonchev–Trinajstić information content (AvgIpc) is 2.38. The average molecular weight is 361 g/mol. The molecule has 0 N–H and O–H groups in total. The lowest BCUT2D eigenvalue weighted by atomic mass is 9.94. The molecular weight excluding hydrogens is 343 g/mol. The Morgan fingerprint density at radius 3 is 2.43 bits per heavy atom. The van der Waals surface area contributed by atoms with Crippen LogP contribution >= 0.6 is 15.9 Å². The predicted molar refractivity (Wildman–Crippen MR) is 79.3 cm³/mol. The smallest absolute Gasteiger partial charge is 0.328 e. The molecule has 0 saturated carbocycles. The summed E-state index contributed by atoms with van der Waals surface area (Å²) in [6.07, 6.45) is 0. The fraction of sp³-hybridized carbons (Fsp3) is 0.467. The first-order valence-corrected chi connectivity index (χ1v) is 7.28. The molecule has 0 atom stereocenters. The van der Waals surface area contributed by atoms with E-state index in [9.17, 15) is 14.0 Å². The highest BCUT2D eigenvalue weighted by Gasteiger charge is 2.40. The zero-order chi connectivity index (χ0) is 16.2. The van der Waals surface area contributed by atoms with E-state index in [2.05, 4.69) is 15.9 Å². The van der Waals surface area contributed by atoms with Gasteiger partial charge >= 0.3 is 11.9 Å². The summed E-state index contributed by atoms with van der Waals surface area (Å²) < 4.78 is 23.5. The van der Waals surface area contributed by atoms with Crippen molar-refractivity contribution in [2.75, 3.05) is 6.61 Å². The number of hydrogen-bond donors (Lipinski definition) is 0. The van der Waals surface area contributed by atoms with E-state index in [0.717, 1.165) is 6.07 Å². The molecule has 6 heteroatoms. The Labute approximate surface area is 131 Å². The minimum Gasteiger partial charge on any atom is -0.465 e. The Bertz CT molecular complexity index is 540. The molecule has 1 aromatic carbocycles. The summed E-state index contributed by atoms with van der Waals surface area (Å²) in [6, 6.07) is 3.65. The zero-order valence-electron chi connectivity index (χ0n) is 12.4. The predicted octanol–water partition coefficient (Wildman–Crippen LogP) is 3.72. The van der Waals surface area contributed by atoms with E-state index in [4.69, 9.17) is 9.47 Å². The first-order valence-electron chi connectivity index (χ1n) is 6.49. The van der Waals surface area contributed by atoms with Gasteiger partial charge in [-0.15, -0.1) is 0 Å². The van der Waals surface area contributed by atoms with Crippen molar-refractivity contribution >= 4 is 27.9 Å². The molecule has 0 saturated heterocycles. The van der Waals surface area contributed by atoms with Gasteiger partial charge in [0.1, 0.15) is 11.6 Å². The van der Waals surface area contributed by atoms with Gasteiger partial charge in [0, 0.05) is 0 Å². The summed E-state index contributed by atoms with van der Waals surface area (Å²) in [5, 5.41) is 0. The van der Waals surface area contributed by atoms with Crippen LogP contribution in [0.1, 0.15) is 27.7 Å². The van der Waals surface area contributed by atoms with E-state index in [1.165, 1.54) is 26.0 Å². The van der Waals surface area contributed by atoms with E-state index < -0.39 is 23.2 Å². The maximum Gasteiger partial charge on any atom is 0.328 e. The number of carbonyl (C=O) groups is 2. The first-order chi connectivity index (χ1) is 9.64. The topological polar surface area (TPSA) is 52.6 Å². The third-order valence-corrected chi connectivity index (χ3v) is 3.28. The van der Waals surface area contributed by atoms with Gasteiger partial charge in [0.25, 0.3) is 0 Å². The summed E-state index contributed by atoms with van der Waals surface area (Å²) in [5.74, 6) is -1.56. The molecule has 116 valence electrons. The molecule has 0 fully saturated rings. The molecular formula is C15H18BrFO4. The number of carbonyl (C=O) groups excluding carboxylic acids is 2. The SMILES string of the molecule is CC(C)COC(=O)C(C)(C)C(=O)Oc1ccc(F)cc1Br. The Balaban J connectivity index is 2.79. The number of ether oxygens (including phenoxy) is 2. The van der Waals surface area contributed by atoms with Crippen molar-refractivity contribution < 1.29 is 23.5 Å². The summed E-state index contributed by atoms with van der Waals surface area (Å²) in [6.45, 7) is 6.88. The highest BCUT2D eigenvalue weighted by molar-refractivity contribution is 9.10. The molecule has 21 heavy (non-hydrogen) atoms. The van der Waals surface area contributed by atoms with Crippen LogP contribution in [0.2, 0.25) is 0 Å². The third-order valence-electron chi connectivity index (χ3n) is 2.66. The maximum atomic E-state index is 13.0. The minimum absolute atomic E-state index is 0.145. The molecule has 0 aliphatic heterocycles. The summed E-state index contributed by atoms with van der Waals surface area (Å²) in [4.78, 5) is 24.1. The van der Waals surface area contributed by atoms with Crippen molar-refractivity contribution in [3.8, 4) is 5.75 Å². The van der Waals surface area contributed by atoms with Gasteiger partial charge in [0.05, 0.1) is 11.1 Å². The van der Waals surface area contributed by atoms with Crippen molar-refractivity contribution in [2.45, 2.75) is 27.7 Å². The lowest BCUT2D eigenvalue weighted by molar-refractivity contribution is -0.165. The van der Waals surface area contributed by atoms with Crippen molar-refractivity contribution in [1.29, 1.82) is 0 Å². The van der Waals surface area contributed by atoms with Crippen LogP contribution in [0.3, 0.4) is 0 Å². The van der Waals surface area contributed by atoms with Crippen LogP contribution in [-0.2, 0) is 14.3 Å². The van der Waals surface area contributed by atoms with E-state index in [1.807, 2.05) is 13.8 Å². The minimum atomic E-state index is -1.44. The van der Waals surface area contributed by atoms with Crippen LogP contribution in [0.5, 0.6) is 5.75 Å². The van der Waals surface area contributed by atoms with Crippen LogP contribution in [-0.4, -0.2) is 18.5 Å². The van der Waals surface area contributed by atoms with Gasteiger partial charge in [0.2, 0.25) is 0 Å². The number of rotatable bonds is 5. The summed E-state index contributed by atoms with van der Waals surface area (Å²) in [7, 11) is 0. The zero-order valence-corrected chi connectivity index (χ0v) is 14.0. The Morgan fingerprint density at radius 2 is 1.90 bits per heavy atom. The molecule has 0 radical (unpaired) electrons. The van der Waals surface area contributed by atoms with Crippen LogP contribution in [0.25, 0.3) is 0 Å². The normalized spacial score (nSPS) is 11.4. The van der Waals surface area contributed by atoms with Gasteiger partial charge in [-0.1, -0.05) is 13.8 Å². The number of halogens is 2. The standard InChI is InChI=1S/C15H18BrFO4/c1-9(2)8-20-13(18)15(3,4)14(19)21-12-6-5-10(17)7-11(12)16/h5-7,9H,8H2,1-4H3. The molecule has 4 nitrogen and oxygen atoms in total. The van der Waals surface area contributed by atoms with Crippen LogP contribution in [0.15, 0.2) is 22.7 Å². The van der Waals surface area contributed by atoms with Crippen molar-refractivity contribution in [1.82, 2.24) is 0 Å². The molecule has 0 bridgehead atoms. The maximum absolute atomic E-state index is 13.0. The lowest BCUT2D eigenvalue weighted by Gasteiger charge is -2.21. The second kappa shape index (κ2) is 7.02. The molecule has 0 aromatic heterocycles. The van der Waals surface area contributed by atoms with Gasteiger partial charge in [-0.05, 0) is 53.9 Å². The fourth-order valence-electron chi connectivity index (χ4n) is 1.29. The van der Waals surface area contributed by atoms with Crippen molar-refractivity contribution in [2.24, 2.45) is 11.3 Å². The van der Waals surface area contributed by atoms with Gasteiger partial charge in [-0.25, -0.2) is 4.39 Å². The van der Waals surface area contributed by atoms with Crippen LogP contribution in [0.4, 0.5) is 4.39 Å². The number of benzene rings is 1. The monoisotopic (exact) mass is 360 g/mol. The molecule has 0 heterocycles. The van der Waals surface area contributed by atoms with Gasteiger partial charge in [-0.2, -0.15) is 0 Å². The fourth-order valence-corrected chi connectivity index (χ4v) is 1.72. The molecule has 0 aliphatic rings. The van der Waals surface area contributed by atoms with Crippen molar-refractivity contribution in [3.63, 3.8) is 0 Å². The van der Waals surface area contributed by atoms with E-state index in [0.29, 0.717) is 4.47 Å². The third kappa shape index (κ3) is 4.81. The summed E-state index contributed by atoms with van der Waals surface area (Å²) >= 11 is 3.10. The Morgan fingerprint density at radius 1 is 1.29 bits per heavy atom. The van der Waals surface area contributed by atoms with E-state index >= 15 is 0 Å². The first kappa shape index (κ1) is 17.6. The highest BCUT2D eigenvalue weighted by Crippen LogP contribution is 2.28. The molecule has 0 unspecified atom stereocenters. The molecule has 0 spiro atoms. The number of esters is 2. The number of hydrogen-bond acceptors (Lipinski definition) is 4. The van der Waals surface area contributed by atoms with Crippen LogP contribution < -0.4 is 4.74 Å². The van der Waals surface area contributed by atoms with Gasteiger partial charge < -0.3 is 9.47 Å². The van der Waals surface area contributed by atoms with Crippen LogP contribution in [0, 0.1) is 17.2 Å². The molecule has 1 aromatic rings. The van der Waals surface area contributed by atoms with Gasteiger partial charge in [-0.3, -0.25) is 9.59 Å². The Hall–Kier alpha value is -1.43.